The average Bonchev–Trinajstić information content (AvgIpc) is 3.41. The lowest BCUT2D eigenvalue weighted by molar-refractivity contribution is -0.427. The van der Waals surface area contributed by atoms with Gasteiger partial charge in [-0.25, -0.2) is 0 Å². The molecule has 11 heteroatoms. The minimum Gasteiger partial charge on any atom is -0.329 e. The maximum atomic E-state index is 6.91. The summed E-state index contributed by atoms with van der Waals surface area (Å²) in [6, 6.07) is 0. The molecule has 0 aliphatic heterocycles. The van der Waals surface area contributed by atoms with Crippen LogP contribution in [0.5, 0.6) is 0 Å². The smallest absolute Gasteiger partial charge is 0.285 e. The highest BCUT2D eigenvalue weighted by Gasteiger charge is 2.38. The second-order valence-electron chi connectivity index (χ2n) is 21.7. The standard InChI is InChI=1S/C64H130O11/c1-9-17-25-33-37-45-53-70-63(51-43-31-23-15-7,71-54-46-38-34-26-18-10-2)74-61(49-41-29-21-13-5)68-59-66-57-65-58-67-60-69-62(50-42-30-22-14-6)75-64(52-44-32-24-16-8,72-55-47-39-35-27-19-11-3)73-56-48-40-36-28-20-12-4/h61-62H,9-60H2,1-8H3. The van der Waals surface area contributed by atoms with Crippen molar-refractivity contribution in [1.29, 1.82) is 0 Å². The Morgan fingerprint density at radius 1 is 0.240 bits per heavy atom. The first kappa shape index (κ1) is 74.6. The van der Waals surface area contributed by atoms with Gasteiger partial charge in [0.2, 0.25) is 0 Å². The molecule has 11 nitrogen and oxygen atoms in total. The van der Waals surface area contributed by atoms with Crippen LogP contribution in [0.2, 0.25) is 0 Å². The Morgan fingerprint density at radius 3 is 0.747 bits per heavy atom. The van der Waals surface area contributed by atoms with Crippen molar-refractivity contribution >= 4 is 0 Å². The average molecular weight is 1080 g/mol. The van der Waals surface area contributed by atoms with Gasteiger partial charge in [0.1, 0.15) is 0 Å². The Morgan fingerprint density at radius 2 is 0.467 bits per heavy atom. The summed E-state index contributed by atoms with van der Waals surface area (Å²) >= 11 is 0. The first-order valence-electron chi connectivity index (χ1n) is 32.8. The fourth-order valence-corrected chi connectivity index (χ4v) is 9.30. The highest BCUT2D eigenvalue weighted by Crippen LogP contribution is 2.31. The zero-order chi connectivity index (χ0) is 54.7. The van der Waals surface area contributed by atoms with E-state index < -0.39 is 24.5 Å². The van der Waals surface area contributed by atoms with Crippen LogP contribution in [-0.2, 0) is 52.1 Å². The summed E-state index contributed by atoms with van der Waals surface area (Å²) in [6.07, 6.45) is 48.3. The molecule has 2 unspecified atom stereocenters. The largest absolute Gasteiger partial charge is 0.329 e. The molecule has 0 radical (unpaired) electrons. The Labute approximate surface area is 466 Å². The summed E-state index contributed by atoms with van der Waals surface area (Å²) in [4.78, 5) is 0. The van der Waals surface area contributed by atoms with Crippen LogP contribution in [0.3, 0.4) is 0 Å². The van der Waals surface area contributed by atoms with Crippen LogP contribution in [0.4, 0.5) is 0 Å². The van der Waals surface area contributed by atoms with Gasteiger partial charge in [0.15, 0.2) is 39.8 Å². The van der Waals surface area contributed by atoms with Gasteiger partial charge in [0.25, 0.3) is 11.9 Å². The Hall–Kier alpha value is -0.440. The lowest BCUT2D eigenvalue weighted by Crippen LogP contribution is -2.44. The molecule has 0 aromatic rings. The fourth-order valence-electron chi connectivity index (χ4n) is 9.30. The zero-order valence-corrected chi connectivity index (χ0v) is 51.4. The van der Waals surface area contributed by atoms with Crippen LogP contribution in [0.15, 0.2) is 0 Å². The lowest BCUT2D eigenvalue weighted by Gasteiger charge is -2.36. The monoisotopic (exact) mass is 1070 g/mol. The van der Waals surface area contributed by atoms with Crippen molar-refractivity contribution < 1.29 is 52.1 Å². The molecule has 452 valence electrons. The van der Waals surface area contributed by atoms with Crippen molar-refractivity contribution in [3.05, 3.63) is 0 Å². The van der Waals surface area contributed by atoms with E-state index in [0.29, 0.717) is 39.3 Å². The van der Waals surface area contributed by atoms with Gasteiger partial charge < -0.3 is 42.6 Å². The van der Waals surface area contributed by atoms with Crippen LogP contribution in [0, 0.1) is 0 Å². The highest BCUT2D eigenvalue weighted by molar-refractivity contribution is 4.66. The summed E-state index contributed by atoms with van der Waals surface area (Å²) in [6.45, 7) is 20.5. The summed E-state index contributed by atoms with van der Waals surface area (Å²) in [5, 5.41) is 0. The molecule has 0 rings (SSSR count). The third kappa shape index (κ3) is 49.1. The first-order chi connectivity index (χ1) is 36.9. The molecule has 0 fully saturated rings. The van der Waals surface area contributed by atoms with Crippen molar-refractivity contribution in [1.82, 2.24) is 0 Å². The van der Waals surface area contributed by atoms with Gasteiger partial charge in [-0.3, -0.25) is 9.47 Å². The number of rotatable bonds is 66. The fraction of sp³-hybridized carbons (Fsp3) is 1.00. The van der Waals surface area contributed by atoms with Gasteiger partial charge >= 0.3 is 0 Å². The van der Waals surface area contributed by atoms with Gasteiger partial charge in [-0.05, 0) is 64.2 Å². The van der Waals surface area contributed by atoms with E-state index in [4.69, 9.17) is 52.1 Å². The molecule has 0 amide bonds. The minimum absolute atomic E-state index is 0.00413. The third-order valence-electron chi connectivity index (χ3n) is 14.2. The summed E-state index contributed by atoms with van der Waals surface area (Å²) in [5.74, 6) is -2.29. The lowest BCUT2D eigenvalue weighted by atomic mass is 10.1. The van der Waals surface area contributed by atoms with E-state index in [2.05, 4.69) is 55.4 Å². The van der Waals surface area contributed by atoms with E-state index in [1.807, 2.05) is 0 Å². The maximum Gasteiger partial charge on any atom is 0.285 e. The second-order valence-corrected chi connectivity index (χ2v) is 21.7. The molecule has 0 aliphatic rings. The molecule has 0 spiro atoms. The molecule has 0 N–H and O–H groups in total. The quantitative estimate of drug-likeness (QED) is 0.0430. The van der Waals surface area contributed by atoms with E-state index in [1.54, 1.807) is 0 Å². The van der Waals surface area contributed by atoms with Crippen molar-refractivity contribution in [2.45, 2.75) is 362 Å². The molecular weight excluding hydrogens is 945 g/mol. The van der Waals surface area contributed by atoms with Gasteiger partial charge in [0, 0.05) is 12.8 Å². The molecule has 0 heterocycles. The summed E-state index contributed by atoms with van der Waals surface area (Å²) in [7, 11) is 0. The number of unbranched alkanes of at least 4 members (excludes halogenated alkanes) is 32. The van der Waals surface area contributed by atoms with Crippen molar-refractivity contribution in [3.63, 3.8) is 0 Å². The second kappa shape index (κ2) is 59.7. The third-order valence-corrected chi connectivity index (χ3v) is 14.2. The van der Waals surface area contributed by atoms with Crippen molar-refractivity contribution in [2.75, 3.05) is 53.6 Å². The topological polar surface area (TPSA) is 102 Å². The molecule has 0 saturated carbocycles. The van der Waals surface area contributed by atoms with Crippen LogP contribution in [-0.4, -0.2) is 78.1 Å². The maximum absolute atomic E-state index is 6.91. The van der Waals surface area contributed by atoms with E-state index >= 15 is 0 Å². The Kier molecular flexibility index (Phi) is 59.3. The molecule has 2 atom stereocenters. The molecule has 0 aliphatic carbocycles. The first-order valence-corrected chi connectivity index (χ1v) is 32.8. The molecule has 0 aromatic heterocycles. The van der Waals surface area contributed by atoms with Gasteiger partial charge in [-0.2, -0.15) is 0 Å². The zero-order valence-electron chi connectivity index (χ0n) is 51.4. The predicted molar refractivity (Wildman–Crippen MR) is 312 cm³/mol. The molecule has 75 heavy (non-hydrogen) atoms. The molecule has 0 bridgehead atoms. The molecule has 0 saturated heterocycles. The van der Waals surface area contributed by atoms with Crippen LogP contribution >= 0.6 is 0 Å². The minimum atomic E-state index is -1.15. The van der Waals surface area contributed by atoms with E-state index in [9.17, 15) is 0 Å². The predicted octanol–water partition coefficient (Wildman–Crippen LogP) is 20.3. The van der Waals surface area contributed by atoms with E-state index in [-0.39, 0.29) is 27.2 Å². The van der Waals surface area contributed by atoms with Gasteiger partial charge in [0.05, 0.1) is 26.4 Å². The van der Waals surface area contributed by atoms with Crippen LogP contribution in [0.25, 0.3) is 0 Å². The highest BCUT2D eigenvalue weighted by atomic mass is 16.9. The molecular formula is C64H130O11. The molecule has 0 aromatic carbocycles. The van der Waals surface area contributed by atoms with Crippen LogP contribution < -0.4 is 0 Å². The number of ether oxygens (including phenoxy) is 11. The summed E-state index contributed by atoms with van der Waals surface area (Å²) in [5.41, 5.74) is 0. The van der Waals surface area contributed by atoms with E-state index in [0.717, 1.165) is 128 Å². The van der Waals surface area contributed by atoms with E-state index in [1.165, 1.54) is 141 Å². The number of hydrogen-bond donors (Lipinski definition) is 0. The van der Waals surface area contributed by atoms with Gasteiger partial charge in [-0.15, -0.1) is 0 Å². The number of hydrogen-bond acceptors (Lipinski definition) is 11. The van der Waals surface area contributed by atoms with Crippen molar-refractivity contribution in [3.8, 4) is 0 Å². The SMILES string of the molecule is CCCCCCCCOC(CCCCCC)(OCCCCCCCC)OC(CCCCCC)OCOCOCOCOC(CCCCCC)OC(CCCCCC)(OCCCCCCCC)OCCCCCCCC. The van der Waals surface area contributed by atoms with Gasteiger partial charge in [-0.1, -0.05) is 261 Å². The van der Waals surface area contributed by atoms with Crippen molar-refractivity contribution in [2.24, 2.45) is 0 Å². The normalized spacial score (nSPS) is 13.1. The summed E-state index contributed by atoms with van der Waals surface area (Å²) < 4.78 is 71.1. The Balaban J connectivity index is 5.84. The van der Waals surface area contributed by atoms with Crippen LogP contribution in [0.1, 0.15) is 338 Å². The Bertz CT molecular complexity index is 952.